The molecule has 2 rings (SSSR count). The molecule has 2 fully saturated rings. The average Bonchev–Trinajstić information content (AvgIpc) is 2.19. The summed E-state index contributed by atoms with van der Waals surface area (Å²) < 4.78 is 0. The van der Waals surface area contributed by atoms with Crippen LogP contribution in [0.25, 0.3) is 0 Å². The Hall–Kier alpha value is 0.270. The number of aliphatic hydroxyl groups excluding tert-OH is 1. The number of hydrogen-bond acceptors (Lipinski definition) is 3. The molecule has 3 heteroatoms. The quantitative estimate of drug-likeness (QED) is 0.736. The standard InChI is InChI=1S/C11H21NOS/c13-11-5-1-3-9(7-11)12-10-4-2-6-14-8-10/h9-13H,1-8H2. The molecule has 0 spiro atoms. The lowest BCUT2D eigenvalue weighted by Gasteiger charge is -2.32. The van der Waals surface area contributed by atoms with Crippen molar-refractivity contribution in [3.8, 4) is 0 Å². The van der Waals surface area contributed by atoms with E-state index in [-0.39, 0.29) is 6.10 Å². The molecule has 2 aliphatic rings. The maximum Gasteiger partial charge on any atom is 0.0555 e. The van der Waals surface area contributed by atoms with Crippen molar-refractivity contribution in [1.82, 2.24) is 5.32 Å². The van der Waals surface area contributed by atoms with Gasteiger partial charge in [-0.05, 0) is 44.3 Å². The van der Waals surface area contributed by atoms with Crippen molar-refractivity contribution >= 4 is 11.8 Å². The molecule has 2 nitrogen and oxygen atoms in total. The molecule has 1 aliphatic heterocycles. The summed E-state index contributed by atoms with van der Waals surface area (Å²) in [5, 5.41) is 13.3. The van der Waals surface area contributed by atoms with Gasteiger partial charge < -0.3 is 10.4 Å². The van der Waals surface area contributed by atoms with Crippen LogP contribution in [0.1, 0.15) is 38.5 Å². The summed E-state index contributed by atoms with van der Waals surface area (Å²) in [5.41, 5.74) is 0. The molecule has 1 heterocycles. The first kappa shape index (κ1) is 10.8. The molecular formula is C11H21NOS. The van der Waals surface area contributed by atoms with E-state index in [4.69, 9.17) is 0 Å². The second-order valence-electron chi connectivity index (χ2n) is 4.60. The Morgan fingerprint density at radius 2 is 1.93 bits per heavy atom. The van der Waals surface area contributed by atoms with Gasteiger partial charge >= 0.3 is 0 Å². The molecule has 3 atom stereocenters. The van der Waals surface area contributed by atoms with Crippen LogP contribution in [0.5, 0.6) is 0 Å². The van der Waals surface area contributed by atoms with Crippen LogP contribution < -0.4 is 5.32 Å². The lowest BCUT2D eigenvalue weighted by molar-refractivity contribution is 0.109. The third-order valence-corrected chi connectivity index (χ3v) is 4.49. The molecule has 3 unspecified atom stereocenters. The second-order valence-corrected chi connectivity index (χ2v) is 5.75. The van der Waals surface area contributed by atoms with Crippen LogP contribution in [-0.4, -0.2) is 34.8 Å². The van der Waals surface area contributed by atoms with Crippen molar-refractivity contribution in [2.75, 3.05) is 11.5 Å². The van der Waals surface area contributed by atoms with Crippen LogP contribution in [-0.2, 0) is 0 Å². The van der Waals surface area contributed by atoms with Crippen molar-refractivity contribution < 1.29 is 5.11 Å². The summed E-state index contributed by atoms with van der Waals surface area (Å²) >= 11 is 2.07. The van der Waals surface area contributed by atoms with Gasteiger partial charge in [-0.1, -0.05) is 0 Å². The van der Waals surface area contributed by atoms with Gasteiger partial charge in [-0.15, -0.1) is 0 Å². The maximum atomic E-state index is 9.56. The van der Waals surface area contributed by atoms with E-state index in [0.717, 1.165) is 12.8 Å². The van der Waals surface area contributed by atoms with Crippen LogP contribution in [0.2, 0.25) is 0 Å². The summed E-state index contributed by atoms with van der Waals surface area (Å²) in [4.78, 5) is 0. The first-order valence-electron chi connectivity index (χ1n) is 5.86. The van der Waals surface area contributed by atoms with E-state index in [1.807, 2.05) is 0 Å². The van der Waals surface area contributed by atoms with Gasteiger partial charge in [-0.25, -0.2) is 0 Å². The average molecular weight is 215 g/mol. The molecule has 1 saturated heterocycles. The predicted octanol–water partition coefficient (Wildman–Crippen LogP) is 1.78. The van der Waals surface area contributed by atoms with Crippen LogP contribution in [0.15, 0.2) is 0 Å². The molecule has 1 aliphatic carbocycles. The van der Waals surface area contributed by atoms with E-state index in [0.29, 0.717) is 12.1 Å². The summed E-state index contributed by atoms with van der Waals surface area (Å²) in [6.07, 6.45) is 7.09. The normalized spacial score (nSPS) is 39.6. The van der Waals surface area contributed by atoms with Crippen molar-refractivity contribution in [2.45, 2.75) is 56.7 Å². The molecule has 1 saturated carbocycles. The predicted molar refractivity (Wildman–Crippen MR) is 61.7 cm³/mol. The summed E-state index contributed by atoms with van der Waals surface area (Å²) in [7, 11) is 0. The SMILES string of the molecule is OC1CCCC(NC2CCCSC2)C1. The van der Waals surface area contributed by atoms with Crippen LogP contribution in [0, 0.1) is 0 Å². The van der Waals surface area contributed by atoms with Crippen LogP contribution in [0.4, 0.5) is 0 Å². The van der Waals surface area contributed by atoms with E-state index >= 15 is 0 Å². The first-order valence-corrected chi connectivity index (χ1v) is 7.02. The fourth-order valence-electron chi connectivity index (χ4n) is 2.52. The third kappa shape index (κ3) is 3.14. The summed E-state index contributed by atoms with van der Waals surface area (Å²) in [6, 6.07) is 1.30. The van der Waals surface area contributed by atoms with Gasteiger partial charge in [0.1, 0.15) is 0 Å². The Balaban J connectivity index is 1.72. The Kier molecular flexibility index (Phi) is 4.14. The minimum Gasteiger partial charge on any atom is -0.393 e. The van der Waals surface area contributed by atoms with Crippen molar-refractivity contribution in [2.24, 2.45) is 0 Å². The number of rotatable bonds is 2. The van der Waals surface area contributed by atoms with Crippen LogP contribution >= 0.6 is 11.8 Å². The van der Waals surface area contributed by atoms with Crippen molar-refractivity contribution in [3.05, 3.63) is 0 Å². The molecule has 0 aromatic carbocycles. The smallest absolute Gasteiger partial charge is 0.0555 e. The van der Waals surface area contributed by atoms with Gasteiger partial charge in [0, 0.05) is 17.8 Å². The molecule has 0 aromatic rings. The molecule has 0 radical (unpaired) electrons. The molecular weight excluding hydrogens is 194 g/mol. The van der Waals surface area contributed by atoms with E-state index in [1.54, 1.807) is 0 Å². The molecule has 2 N–H and O–H groups in total. The molecule has 0 bridgehead atoms. The van der Waals surface area contributed by atoms with Crippen molar-refractivity contribution in [1.29, 1.82) is 0 Å². The van der Waals surface area contributed by atoms with Gasteiger partial charge in [0.2, 0.25) is 0 Å². The minimum absolute atomic E-state index is 0.0440. The van der Waals surface area contributed by atoms with E-state index in [9.17, 15) is 5.11 Å². The highest BCUT2D eigenvalue weighted by atomic mass is 32.2. The van der Waals surface area contributed by atoms with Gasteiger partial charge in [-0.3, -0.25) is 0 Å². The zero-order valence-corrected chi connectivity index (χ0v) is 9.56. The van der Waals surface area contributed by atoms with Gasteiger partial charge in [-0.2, -0.15) is 11.8 Å². The monoisotopic (exact) mass is 215 g/mol. The van der Waals surface area contributed by atoms with Crippen molar-refractivity contribution in [3.63, 3.8) is 0 Å². The molecule has 0 amide bonds. The van der Waals surface area contributed by atoms with Crippen LogP contribution in [0.3, 0.4) is 0 Å². The van der Waals surface area contributed by atoms with Gasteiger partial charge in [0.15, 0.2) is 0 Å². The highest BCUT2D eigenvalue weighted by Gasteiger charge is 2.23. The second kappa shape index (κ2) is 5.38. The lowest BCUT2D eigenvalue weighted by atomic mass is 9.92. The Morgan fingerprint density at radius 1 is 1.07 bits per heavy atom. The molecule has 0 aromatic heterocycles. The zero-order valence-electron chi connectivity index (χ0n) is 8.74. The van der Waals surface area contributed by atoms with E-state index in [2.05, 4.69) is 17.1 Å². The first-order chi connectivity index (χ1) is 6.84. The highest BCUT2D eigenvalue weighted by molar-refractivity contribution is 7.99. The summed E-state index contributed by atoms with van der Waals surface area (Å²) in [6.45, 7) is 0. The largest absolute Gasteiger partial charge is 0.393 e. The van der Waals surface area contributed by atoms with E-state index < -0.39 is 0 Å². The minimum atomic E-state index is -0.0440. The molecule has 14 heavy (non-hydrogen) atoms. The Bertz CT molecular complexity index is 171. The number of thioether (sulfide) groups is 1. The van der Waals surface area contributed by atoms with Gasteiger partial charge in [0.25, 0.3) is 0 Å². The Morgan fingerprint density at radius 3 is 2.64 bits per heavy atom. The number of nitrogens with one attached hydrogen (secondary N) is 1. The van der Waals surface area contributed by atoms with Gasteiger partial charge in [0.05, 0.1) is 6.10 Å². The highest BCUT2D eigenvalue weighted by Crippen LogP contribution is 2.22. The topological polar surface area (TPSA) is 32.3 Å². The van der Waals surface area contributed by atoms with E-state index in [1.165, 1.54) is 37.2 Å². The number of hydrogen-bond donors (Lipinski definition) is 2. The Labute approximate surface area is 90.8 Å². The maximum absolute atomic E-state index is 9.56. The molecule has 82 valence electrons. The lowest BCUT2D eigenvalue weighted by Crippen LogP contribution is -2.44. The number of aliphatic hydroxyl groups is 1. The zero-order chi connectivity index (χ0) is 9.80. The fraction of sp³-hybridized carbons (Fsp3) is 1.00. The summed E-state index contributed by atoms with van der Waals surface area (Å²) in [5.74, 6) is 2.61. The fourth-order valence-corrected chi connectivity index (χ4v) is 3.61. The third-order valence-electron chi connectivity index (χ3n) is 3.28.